The molecule has 3 rings (SSSR count). The maximum absolute atomic E-state index is 6.33. The van der Waals surface area contributed by atoms with E-state index in [0.29, 0.717) is 5.82 Å². The van der Waals surface area contributed by atoms with Crippen molar-refractivity contribution in [3.8, 4) is 16.9 Å². The van der Waals surface area contributed by atoms with Crippen LogP contribution in [0.3, 0.4) is 0 Å². The van der Waals surface area contributed by atoms with Crippen molar-refractivity contribution in [3.05, 3.63) is 58.7 Å². The summed E-state index contributed by atoms with van der Waals surface area (Å²) in [7, 11) is 0. The number of nitrogens with two attached hydrogens (primary N) is 1. The monoisotopic (exact) mass is 292 g/mol. The molecular weight excluding hydrogens is 272 g/mol. The fraction of sp³-hybridized carbons (Fsp3) is 0.222. The van der Waals surface area contributed by atoms with Crippen LogP contribution in [0.25, 0.3) is 16.9 Å². The molecule has 2 N–H and O–H groups in total. The lowest BCUT2D eigenvalue weighted by Gasteiger charge is -2.10. The van der Waals surface area contributed by atoms with Crippen LogP contribution in [0.5, 0.6) is 0 Å². The molecule has 0 aliphatic rings. The molecule has 0 amide bonds. The van der Waals surface area contributed by atoms with E-state index < -0.39 is 0 Å². The van der Waals surface area contributed by atoms with Gasteiger partial charge in [0.05, 0.1) is 5.69 Å². The lowest BCUT2D eigenvalue weighted by atomic mass is 10.0. The highest BCUT2D eigenvalue weighted by Gasteiger charge is 2.16. The van der Waals surface area contributed by atoms with Gasteiger partial charge in [-0.3, -0.25) is 0 Å². The van der Waals surface area contributed by atoms with Crippen molar-refractivity contribution in [1.29, 1.82) is 0 Å². The molecule has 0 atom stereocenters. The Morgan fingerprint density at radius 2 is 1.73 bits per heavy atom. The molecule has 3 aromatic rings. The first kappa shape index (κ1) is 14.3. The molecule has 0 saturated carbocycles. The first-order chi connectivity index (χ1) is 10.5. The van der Waals surface area contributed by atoms with Gasteiger partial charge in [-0.05, 0) is 50.5 Å². The number of aryl methyl sites for hydroxylation is 3. The SMILES string of the molecule is Cc1ccc(-c2nnn(-c3cccc(C)c3C)c2N)c(C)c1. The molecule has 0 fully saturated rings. The van der Waals surface area contributed by atoms with Crippen molar-refractivity contribution in [2.45, 2.75) is 27.7 Å². The molecule has 0 unspecified atom stereocenters. The van der Waals surface area contributed by atoms with Gasteiger partial charge >= 0.3 is 0 Å². The lowest BCUT2D eigenvalue weighted by molar-refractivity contribution is 0.804. The molecule has 22 heavy (non-hydrogen) atoms. The molecule has 0 radical (unpaired) electrons. The van der Waals surface area contributed by atoms with Crippen molar-refractivity contribution in [2.75, 3.05) is 5.73 Å². The lowest BCUT2D eigenvalue weighted by Crippen LogP contribution is -2.05. The van der Waals surface area contributed by atoms with Crippen LogP contribution in [0.2, 0.25) is 0 Å². The van der Waals surface area contributed by atoms with Crippen LogP contribution >= 0.6 is 0 Å². The first-order valence-electron chi connectivity index (χ1n) is 7.34. The third-order valence-corrected chi connectivity index (χ3v) is 4.15. The molecule has 1 heterocycles. The van der Waals surface area contributed by atoms with Gasteiger partial charge in [0, 0.05) is 5.56 Å². The molecule has 4 nitrogen and oxygen atoms in total. The van der Waals surface area contributed by atoms with Crippen molar-refractivity contribution in [3.63, 3.8) is 0 Å². The highest BCUT2D eigenvalue weighted by Crippen LogP contribution is 2.29. The van der Waals surface area contributed by atoms with Gasteiger partial charge in [-0.25, -0.2) is 0 Å². The van der Waals surface area contributed by atoms with Crippen LogP contribution in [0.1, 0.15) is 22.3 Å². The number of nitrogens with zero attached hydrogens (tertiary/aromatic N) is 3. The molecule has 1 aromatic heterocycles. The average Bonchev–Trinajstić information content (AvgIpc) is 2.84. The Hall–Kier alpha value is -2.62. The Labute approximate surface area is 130 Å². The Morgan fingerprint density at radius 3 is 2.45 bits per heavy atom. The number of nitrogen functional groups attached to an aromatic ring is 1. The Morgan fingerprint density at radius 1 is 0.955 bits per heavy atom. The van der Waals surface area contributed by atoms with E-state index in [2.05, 4.69) is 62.3 Å². The van der Waals surface area contributed by atoms with Crippen molar-refractivity contribution in [1.82, 2.24) is 15.0 Å². The Kier molecular flexibility index (Phi) is 3.45. The molecule has 0 aliphatic heterocycles. The molecule has 0 bridgehead atoms. The summed E-state index contributed by atoms with van der Waals surface area (Å²) in [5.74, 6) is 0.570. The predicted molar refractivity (Wildman–Crippen MR) is 90.2 cm³/mol. The summed E-state index contributed by atoms with van der Waals surface area (Å²) >= 11 is 0. The summed E-state index contributed by atoms with van der Waals surface area (Å²) in [4.78, 5) is 0. The highest BCUT2D eigenvalue weighted by atomic mass is 15.5. The minimum atomic E-state index is 0.570. The molecule has 0 spiro atoms. The van der Waals surface area contributed by atoms with E-state index in [4.69, 9.17) is 5.73 Å². The fourth-order valence-electron chi connectivity index (χ4n) is 2.70. The molecule has 0 saturated heterocycles. The molecule has 112 valence electrons. The summed E-state index contributed by atoms with van der Waals surface area (Å²) in [6.07, 6.45) is 0. The second-order valence-electron chi connectivity index (χ2n) is 5.77. The molecular formula is C18H20N4. The van der Waals surface area contributed by atoms with Crippen molar-refractivity contribution >= 4 is 5.82 Å². The third-order valence-electron chi connectivity index (χ3n) is 4.15. The zero-order valence-electron chi connectivity index (χ0n) is 13.4. The number of hydrogen-bond acceptors (Lipinski definition) is 3. The van der Waals surface area contributed by atoms with Crippen LogP contribution in [-0.2, 0) is 0 Å². The first-order valence-corrected chi connectivity index (χ1v) is 7.34. The van der Waals surface area contributed by atoms with E-state index in [1.165, 1.54) is 11.1 Å². The topological polar surface area (TPSA) is 56.7 Å². The van der Waals surface area contributed by atoms with Gasteiger partial charge in [0.2, 0.25) is 0 Å². The summed E-state index contributed by atoms with van der Waals surface area (Å²) in [5.41, 5.74) is 13.8. The molecule has 4 heteroatoms. The van der Waals surface area contributed by atoms with Gasteiger partial charge in [0.1, 0.15) is 5.69 Å². The van der Waals surface area contributed by atoms with Crippen LogP contribution in [0.15, 0.2) is 36.4 Å². The minimum Gasteiger partial charge on any atom is -0.382 e. The van der Waals surface area contributed by atoms with Crippen LogP contribution < -0.4 is 5.73 Å². The zero-order chi connectivity index (χ0) is 15.9. The van der Waals surface area contributed by atoms with Gasteiger partial charge in [-0.1, -0.05) is 41.1 Å². The largest absolute Gasteiger partial charge is 0.382 e. The normalized spacial score (nSPS) is 10.9. The number of benzene rings is 2. The van der Waals surface area contributed by atoms with Crippen LogP contribution in [0.4, 0.5) is 5.82 Å². The summed E-state index contributed by atoms with van der Waals surface area (Å²) in [6.45, 7) is 8.30. The van der Waals surface area contributed by atoms with Crippen molar-refractivity contribution in [2.24, 2.45) is 0 Å². The quantitative estimate of drug-likeness (QED) is 0.782. The number of hydrogen-bond donors (Lipinski definition) is 1. The van der Waals surface area contributed by atoms with E-state index in [0.717, 1.165) is 28.1 Å². The van der Waals surface area contributed by atoms with E-state index in [9.17, 15) is 0 Å². The number of anilines is 1. The minimum absolute atomic E-state index is 0.570. The molecule has 2 aromatic carbocycles. The standard InChI is InChI=1S/C18H20N4/c1-11-8-9-15(13(3)10-11)17-18(19)22(21-20-17)16-7-5-6-12(2)14(16)4/h5-10H,19H2,1-4H3. The van der Waals surface area contributed by atoms with Gasteiger partial charge in [-0.15, -0.1) is 5.10 Å². The maximum atomic E-state index is 6.33. The molecule has 0 aliphatic carbocycles. The van der Waals surface area contributed by atoms with E-state index in [1.807, 2.05) is 12.1 Å². The van der Waals surface area contributed by atoms with Crippen molar-refractivity contribution < 1.29 is 0 Å². The van der Waals surface area contributed by atoms with Gasteiger partial charge in [0.15, 0.2) is 5.82 Å². The van der Waals surface area contributed by atoms with E-state index in [-0.39, 0.29) is 0 Å². The number of aromatic nitrogens is 3. The Bertz CT molecular complexity index is 846. The Balaban J connectivity index is 2.15. The fourth-order valence-corrected chi connectivity index (χ4v) is 2.70. The van der Waals surface area contributed by atoms with Gasteiger partial charge < -0.3 is 5.73 Å². The zero-order valence-corrected chi connectivity index (χ0v) is 13.4. The van der Waals surface area contributed by atoms with Gasteiger partial charge in [-0.2, -0.15) is 4.68 Å². The van der Waals surface area contributed by atoms with Crippen LogP contribution in [0, 0.1) is 27.7 Å². The maximum Gasteiger partial charge on any atom is 0.155 e. The summed E-state index contributed by atoms with van der Waals surface area (Å²) in [5, 5.41) is 8.58. The average molecular weight is 292 g/mol. The number of rotatable bonds is 2. The second-order valence-corrected chi connectivity index (χ2v) is 5.77. The third kappa shape index (κ3) is 2.26. The second kappa shape index (κ2) is 5.30. The smallest absolute Gasteiger partial charge is 0.155 e. The summed E-state index contributed by atoms with van der Waals surface area (Å²) in [6, 6.07) is 12.4. The van der Waals surface area contributed by atoms with Gasteiger partial charge in [0.25, 0.3) is 0 Å². The predicted octanol–water partition coefficient (Wildman–Crippen LogP) is 3.75. The van der Waals surface area contributed by atoms with Crippen LogP contribution in [-0.4, -0.2) is 15.0 Å². The van der Waals surface area contributed by atoms with E-state index in [1.54, 1.807) is 4.68 Å². The summed E-state index contributed by atoms with van der Waals surface area (Å²) < 4.78 is 1.72. The van der Waals surface area contributed by atoms with E-state index >= 15 is 0 Å². The highest BCUT2D eigenvalue weighted by molar-refractivity contribution is 5.74.